The molecule has 1 aromatic carbocycles. The maximum Gasteiger partial charge on any atom is 0.573 e. The molecule has 0 amide bonds. The van der Waals surface area contributed by atoms with Gasteiger partial charge in [-0.25, -0.2) is 0 Å². The Morgan fingerprint density at radius 1 is 1.20 bits per heavy atom. The molecule has 0 fully saturated rings. The highest BCUT2D eigenvalue weighted by molar-refractivity contribution is 6.30. The molecule has 3 nitrogen and oxygen atoms in total. The van der Waals surface area contributed by atoms with E-state index in [-0.39, 0.29) is 12.4 Å². The van der Waals surface area contributed by atoms with Crippen molar-refractivity contribution in [2.24, 2.45) is 0 Å². The lowest BCUT2D eigenvalue weighted by Crippen LogP contribution is -2.16. The highest BCUT2D eigenvalue weighted by atomic mass is 35.5. The second-order valence-corrected chi connectivity index (χ2v) is 4.31. The monoisotopic (exact) mass is 303 g/mol. The van der Waals surface area contributed by atoms with Crippen LogP contribution in [0.15, 0.2) is 36.5 Å². The van der Waals surface area contributed by atoms with E-state index in [1.54, 1.807) is 6.07 Å². The summed E-state index contributed by atoms with van der Waals surface area (Å²) in [5.41, 5.74) is 1.52. The largest absolute Gasteiger partial charge is 0.573 e. The van der Waals surface area contributed by atoms with E-state index in [0.717, 1.165) is 0 Å². The summed E-state index contributed by atoms with van der Waals surface area (Å²) in [6, 6.07) is 6.83. The molecule has 0 aliphatic rings. The van der Waals surface area contributed by atoms with Gasteiger partial charge in [0.05, 0.1) is 17.3 Å². The van der Waals surface area contributed by atoms with Crippen molar-refractivity contribution >= 4 is 11.6 Å². The zero-order valence-electron chi connectivity index (χ0n) is 9.99. The average molecular weight is 304 g/mol. The van der Waals surface area contributed by atoms with Crippen LogP contribution in [0.4, 0.5) is 13.2 Å². The second-order valence-electron chi connectivity index (χ2n) is 3.88. The minimum atomic E-state index is -4.73. The number of aliphatic hydroxyl groups excluding tert-OH is 1. The predicted molar refractivity (Wildman–Crippen MR) is 67.3 cm³/mol. The van der Waals surface area contributed by atoms with Crippen molar-refractivity contribution in [3.63, 3.8) is 0 Å². The number of hydrogen-bond donors (Lipinski definition) is 1. The Labute approximate surface area is 117 Å². The number of alkyl halides is 3. The lowest BCUT2D eigenvalue weighted by molar-refractivity contribution is -0.274. The lowest BCUT2D eigenvalue weighted by Gasteiger charge is -2.10. The zero-order valence-corrected chi connectivity index (χ0v) is 10.7. The third-order valence-corrected chi connectivity index (χ3v) is 2.69. The van der Waals surface area contributed by atoms with Gasteiger partial charge in [-0.15, -0.1) is 13.2 Å². The molecular formula is C13H9ClF3NO2. The van der Waals surface area contributed by atoms with Crippen molar-refractivity contribution in [1.82, 2.24) is 4.98 Å². The summed E-state index contributed by atoms with van der Waals surface area (Å²) < 4.78 is 39.9. The molecule has 7 heteroatoms. The molecule has 0 bridgehead atoms. The molecule has 106 valence electrons. The zero-order chi connectivity index (χ0) is 14.8. The summed E-state index contributed by atoms with van der Waals surface area (Å²) in [7, 11) is 0. The molecule has 20 heavy (non-hydrogen) atoms. The fourth-order valence-electron chi connectivity index (χ4n) is 1.68. The molecule has 2 rings (SSSR count). The van der Waals surface area contributed by atoms with Crippen LogP contribution in [0, 0.1) is 0 Å². The molecule has 1 aromatic heterocycles. The molecular weight excluding hydrogens is 295 g/mol. The van der Waals surface area contributed by atoms with Crippen LogP contribution in [0.5, 0.6) is 5.75 Å². The Bertz CT molecular complexity index is 600. The van der Waals surface area contributed by atoms with Crippen molar-refractivity contribution in [3.05, 3.63) is 47.2 Å². The summed E-state index contributed by atoms with van der Waals surface area (Å²) in [6.07, 6.45) is -3.34. The molecule has 0 saturated heterocycles. The van der Waals surface area contributed by atoms with E-state index in [1.165, 1.54) is 30.5 Å². The van der Waals surface area contributed by atoms with Crippen LogP contribution in [0.25, 0.3) is 11.1 Å². The Hall–Kier alpha value is -1.79. The van der Waals surface area contributed by atoms with E-state index in [4.69, 9.17) is 11.6 Å². The van der Waals surface area contributed by atoms with Gasteiger partial charge in [-0.2, -0.15) is 0 Å². The summed E-state index contributed by atoms with van der Waals surface area (Å²) >= 11 is 5.82. The Kier molecular flexibility index (Phi) is 4.15. The molecule has 1 heterocycles. The highest BCUT2D eigenvalue weighted by Crippen LogP contribution is 2.29. The molecule has 0 aliphatic heterocycles. The predicted octanol–water partition coefficient (Wildman–Crippen LogP) is 3.79. The number of hydrogen-bond acceptors (Lipinski definition) is 3. The molecule has 0 aliphatic carbocycles. The Balaban J connectivity index is 2.33. The van der Waals surface area contributed by atoms with Gasteiger partial charge in [-0.3, -0.25) is 4.98 Å². The van der Waals surface area contributed by atoms with Gasteiger partial charge in [-0.1, -0.05) is 23.7 Å². The highest BCUT2D eigenvalue weighted by Gasteiger charge is 2.30. The molecule has 1 N–H and O–H groups in total. The Morgan fingerprint density at radius 3 is 2.40 bits per heavy atom. The van der Waals surface area contributed by atoms with Crippen LogP contribution < -0.4 is 4.74 Å². The Morgan fingerprint density at radius 2 is 1.85 bits per heavy atom. The van der Waals surface area contributed by atoms with Crippen LogP contribution in [0.3, 0.4) is 0 Å². The van der Waals surface area contributed by atoms with Gasteiger partial charge in [-0.05, 0) is 23.8 Å². The van der Waals surface area contributed by atoms with Crippen molar-refractivity contribution < 1.29 is 23.0 Å². The molecule has 0 saturated carbocycles. The van der Waals surface area contributed by atoms with E-state index in [0.29, 0.717) is 21.8 Å². The van der Waals surface area contributed by atoms with Gasteiger partial charge < -0.3 is 9.84 Å². The first kappa shape index (κ1) is 14.6. The van der Waals surface area contributed by atoms with E-state index < -0.39 is 6.36 Å². The first-order valence-corrected chi connectivity index (χ1v) is 5.88. The van der Waals surface area contributed by atoms with Crippen molar-refractivity contribution in [2.75, 3.05) is 0 Å². The first-order chi connectivity index (χ1) is 9.39. The second kappa shape index (κ2) is 5.68. The maximum atomic E-state index is 12.1. The number of aliphatic hydroxyl groups is 1. The number of rotatable bonds is 3. The van der Waals surface area contributed by atoms with Gasteiger partial charge in [0.2, 0.25) is 0 Å². The number of ether oxygens (including phenoxy) is 1. The number of aromatic nitrogens is 1. The van der Waals surface area contributed by atoms with Crippen molar-refractivity contribution in [1.29, 1.82) is 0 Å². The topological polar surface area (TPSA) is 42.4 Å². The normalized spacial score (nSPS) is 11.4. The fraction of sp³-hybridized carbons (Fsp3) is 0.154. The van der Waals surface area contributed by atoms with Crippen LogP contribution >= 0.6 is 11.6 Å². The molecule has 0 unspecified atom stereocenters. The number of halogens is 4. The third kappa shape index (κ3) is 3.61. The fourth-order valence-corrected chi connectivity index (χ4v) is 1.84. The van der Waals surface area contributed by atoms with Gasteiger partial charge in [0.25, 0.3) is 0 Å². The standard InChI is InChI=1S/C13H9ClF3NO2/c14-9-5-11(12(7-19)18-6-9)8-1-3-10(4-2-8)20-13(15,16)17/h1-6,19H,7H2. The van der Waals surface area contributed by atoms with E-state index >= 15 is 0 Å². The minimum Gasteiger partial charge on any atom is -0.406 e. The maximum absolute atomic E-state index is 12.1. The van der Waals surface area contributed by atoms with E-state index in [2.05, 4.69) is 9.72 Å². The molecule has 0 spiro atoms. The molecule has 0 atom stereocenters. The van der Waals surface area contributed by atoms with Crippen LogP contribution in [-0.2, 0) is 6.61 Å². The average Bonchev–Trinajstić information content (AvgIpc) is 2.38. The molecule has 2 aromatic rings. The summed E-state index contributed by atoms with van der Waals surface area (Å²) in [4.78, 5) is 3.96. The SMILES string of the molecule is OCc1ncc(Cl)cc1-c1ccc(OC(F)(F)F)cc1. The summed E-state index contributed by atoms with van der Waals surface area (Å²) in [5, 5.41) is 9.57. The van der Waals surface area contributed by atoms with E-state index in [9.17, 15) is 18.3 Å². The van der Waals surface area contributed by atoms with Crippen LogP contribution in [0.1, 0.15) is 5.69 Å². The number of benzene rings is 1. The van der Waals surface area contributed by atoms with Gasteiger partial charge >= 0.3 is 6.36 Å². The van der Waals surface area contributed by atoms with Crippen molar-refractivity contribution in [3.8, 4) is 16.9 Å². The van der Waals surface area contributed by atoms with E-state index in [1.807, 2.05) is 0 Å². The van der Waals surface area contributed by atoms with Crippen LogP contribution in [0.2, 0.25) is 5.02 Å². The number of nitrogens with zero attached hydrogens (tertiary/aromatic N) is 1. The minimum absolute atomic E-state index is 0.298. The van der Waals surface area contributed by atoms with Crippen LogP contribution in [-0.4, -0.2) is 16.5 Å². The quantitative estimate of drug-likeness (QED) is 0.938. The van der Waals surface area contributed by atoms with Gasteiger partial charge in [0, 0.05) is 11.8 Å². The van der Waals surface area contributed by atoms with Crippen molar-refractivity contribution in [2.45, 2.75) is 13.0 Å². The van der Waals surface area contributed by atoms with Gasteiger partial charge in [0.1, 0.15) is 5.75 Å². The van der Waals surface area contributed by atoms with Gasteiger partial charge in [0.15, 0.2) is 0 Å². The first-order valence-electron chi connectivity index (χ1n) is 5.50. The molecule has 0 radical (unpaired) electrons. The smallest absolute Gasteiger partial charge is 0.406 e. The summed E-state index contributed by atoms with van der Waals surface area (Å²) in [5.74, 6) is -0.318. The lowest BCUT2D eigenvalue weighted by atomic mass is 10.0. The number of pyridine rings is 1. The third-order valence-electron chi connectivity index (χ3n) is 2.49. The summed E-state index contributed by atoms with van der Waals surface area (Å²) in [6.45, 7) is -0.298.